The molecule has 0 bridgehead atoms. The lowest BCUT2D eigenvalue weighted by atomic mass is 10.0. The summed E-state index contributed by atoms with van der Waals surface area (Å²) in [4.78, 5) is 29.2. The third kappa shape index (κ3) is 3.77. The highest BCUT2D eigenvalue weighted by molar-refractivity contribution is 9.10. The van der Waals surface area contributed by atoms with Gasteiger partial charge >= 0.3 is 5.97 Å². The number of carbonyl (C=O) groups is 2. The summed E-state index contributed by atoms with van der Waals surface area (Å²) in [5.41, 5.74) is 3.42. The van der Waals surface area contributed by atoms with Crippen molar-refractivity contribution in [3.63, 3.8) is 0 Å². The fourth-order valence-corrected chi connectivity index (χ4v) is 2.88. The van der Waals surface area contributed by atoms with Gasteiger partial charge in [-0.3, -0.25) is 9.78 Å². The first-order chi connectivity index (χ1) is 12.0. The molecule has 25 heavy (non-hydrogen) atoms. The lowest BCUT2D eigenvalue weighted by Crippen LogP contribution is -2.15. The number of esters is 1. The van der Waals surface area contributed by atoms with Gasteiger partial charge in [-0.15, -0.1) is 0 Å². The SMILES string of the molecule is Cc1cc(C(=O)OCC(=O)c2ccc(Br)cc2)c2cccc(C)c2n1. The number of para-hydroxylation sites is 1. The fraction of sp³-hybridized carbons (Fsp3) is 0.150. The summed E-state index contributed by atoms with van der Waals surface area (Å²) in [6, 6.07) is 14.3. The summed E-state index contributed by atoms with van der Waals surface area (Å²) in [5.74, 6) is -0.765. The second-order valence-corrected chi connectivity index (χ2v) is 6.70. The van der Waals surface area contributed by atoms with Crippen LogP contribution < -0.4 is 0 Å². The molecule has 126 valence electrons. The second-order valence-electron chi connectivity index (χ2n) is 5.79. The number of hydrogen-bond donors (Lipinski definition) is 0. The first-order valence-corrected chi connectivity index (χ1v) is 8.58. The van der Waals surface area contributed by atoms with E-state index in [1.807, 2.05) is 32.0 Å². The lowest BCUT2D eigenvalue weighted by molar-refractivity contribution is 0.0476. The second kappa shape index (κ2) is 7.15. The summed E-state index contributed by atoms with van der Waals surface area (Å²) in [5, 5.41) is 0.728. The van der Waals surface area contributed by atoms with Crippen molar-refractivity contribution in [2.24, 2.45) is 0 Å². The van der Waals surface area contributed by atoms with E-state index in [1.165, 1.54) is 0 Å². The maximum atomic E-state index is 12.5. The van der Waals surface area contributed by atoms with E-state index in [-0.39, 0.29) is 12.4 Å². The number of hydrogen-bond acceptors (Lipinski definition) is 4. The Morgan fingerprint density at radius 1 is 1.08 bits per heavy atom. The van der Waals surface area contributed by atoms with Gasteiger partial charge in [0.1, 0.15) is 0 Å². The Balaban J connectivity index is 1.82. The zero-order chi connectivity index (χ0) is 18.0. The van der Waals surface area contributed by atoms with Crippen LogP contribution in [0.25, 0.3) is 10.9 Å². The Hall–Kier alpha value is -2.53. The van der Waals surface area contributed by atoms with Crippen LogP contribution in [0.1, 0.15) is 32.0 Å². The average molecular weight is 398 g/mol. The molecule has 0 saturated heterocycles. The molecule has 4 nitrogen and oxygen atoms in total. The Morgan fingerprint density at radius 3 is 2.52 bits per heavy atom. The van der Waals surface area contributed by atoms with Crippen molar-refractivity contribution in [1.29, 1.82) is 0 Å². The lowest BCUT2D eigenvalue weighted by Gasteiger charge is -2.09. The number of aromatic nitrogens is 1. The van der Waals surface area contributed by atoms with Crippen LogP contribution in [0.4, 0.5) is 0 Å². The largest absolute Gasteiger partial charge is 0.454 e. The normalized spacial score (nSPS) is 10.7. The number of halogens is 1. The zero-order valence-electron chi connectivity index (χ0n) is 13.9. The van der Waals surface area contributed by atoms with Gasteiger partial charge in [-0.1, -0.05) is 46.3 Å². The summed E-state index contributed by atoms with van der Waals surface area (Å²) in [6.45, 7) is 3.48. The van der Waals surface area contributed by atoms with Gasteiger partial charge in [-0.2, -0.15) is 0 Å². The maximum Gasteiger partial charge on any atom is 0.339 e. The van der Waals surface area contributed by atoms with Crippen molar-refractivity contribution >= 4 is 38.6 Å². The highest BCUT2D eigenvalue weighted by atomic mass is 79.9. The van der Waals surface area contributed by atoms with Crippen LogP contribution in [0.15, 0.2) is 53.0 Å². The van der Waals surface area contributed by atoms with Gasteiger partial charge in [-0.05, 0) is 37.6 Å². The number of benzene rings is 2. The van der Waals surface area contributed by atoms with Crippen LogP contribution in [0.3, 0.4) is 0 Å². The van der Waals surface area contributed by atoms with Crippen molar-refractivity contribution in [3.8, 4) is 0 Å². The number of aryl methyl sites for hydroxylation is 2. The van der Waals surface area contributed by atoms with Gasteiger partial charge in [0.2, 0.25) is 0 Å². The highest BCUT2D eigenvalue weighted by Gasteiger charge is 2.16. The van der Waals surface area contributed by atoms with Crippen LogP contribution in [0.2, 0.25) is 0 Å². The molecule has 1 aromatic heterocycles. The minimum Gasteiger partial charge on any atom is -0.454 e. The number of nitrogens with zero attached hydrogens (tertiary/aromatic N) is 1. The standard InChI is InChI=1S/C20H16BrNO3/c1-12-4-3-5-16-17(10-13(2)22-19(12)16)20(24)25-11-18(23)14-6-8-15(21)9-7-14/h3-10H,11H2,1-2H3. The topological polar surface area (TPSA) is 56.3 Å². The molecule has 0 aliphatic carbocycles. The molecule has 0 N–H and O–H groups in total. The molecule has 1 heterocycles. The van der Waals surface area contributed by atoms with Gasteiger partial charge in [0.25, 0.3) is 0 Å². The predicted molar refractivity (Wildman–Crippen MR) is 100.0 cm³/mol. The predicted octanol–water partition coefficient (Wildman–Crippen LogP) is 4.65. The Morgan fingerprint density at radius 2 is 1.80 bits per heavy atom. The quantitative estimate of drug-likeness (QED) is 0.474. The van der Waals surface area contributed by atoms with Crippen molar-refractivity contribution in [2.75, 3.05) is 6.61 Å². The van der Waals surface area contributed by atoms with E-state index in [2.05, 4.69) is 20.9 Å². The third-order valence-electron chi connectivity index (χ3n) is 3.89. The molecule has 0 unspecified atom stereocenters. The third-order valence-corrected chi connectivity index (χ3v) is 4.42. The molecule has 0 amide bonds. The summed E-state index contributed by atoms with van der Waals surface area (Å²) in [7, 11) is 0. The Bertz CT molecular complexity index is 965. The van der Waals surface area contributed by atoms with Gasteiger partial charge in [0.15, 0.2) is 12.4 Å². The van der Waals surface area contributed by atoms with E-state index in [1.54, 1.807) is 30.3 Å². The molecule has 0 aliphatic rings. The smallest absolute Gasteiger partial charge is 0.339 e. The van der Waals surface area contributed by atoms with Crippen molar-refractivity contribution < 1.29 is 14.3 Å². The first kappa shape index (κ1) is 17.3. The highest BCUT2D eigenvalue weighted by Crippen LogP contribution is 2.22. The molecular weight excluding hydrogens is 382 g/mol. The van der Waals surface area contributed by atoms with E-state index in [0.29, 0.717) is 11.1 Å². The molecule has 0 atom stereocenters. The number of carbonyl (C=O) groups excluding carboxylic acids is 2. The molecule has 0 spiro atoms. The fourth-order valence-electron chi connectivity index (χ4n) is 2.62. The summed E-state index contributed by atoms with van der Waals surface area (Å²) >= 11 is 3.32. The van der Waals surface area contributed by atoms with Crippen molar-refractivity contribution in [3.05, 3.63) is 75.4 Å². The molecule has 0 aliphatic heterocycles. The van der Waals surface area contributed by atoms with E-state index in [4.69, 9.17) is 4.74 Å². The van der Waals surface area contributed by atoms with Crippen LogP contribution in [0.5, 0.6) is 0 Å². The average Bonchev–Trinajstić information content (AvgIpc) is 2.60. The van der Waals surface area contributed by atoms with E-state index < -0.39 is 5.97 Å². The van der Waals surface area contributed by atoms with Crippen LogP contribution in [-0.4, -0.2) is 23.3 Å². The Labute approximate surface area is 154 Å². The van der Waals surface area contributed by atoms with Crippen LogP contribution in [-0.2, 0) is 4.74 Å². The number of ether oxygens (including phenoxy) is 1. The van der Waals surface area contributed by atoms with E-state index >= 15 is 0 Å². The first-order valence-electron chi connectivity index (χ1n) is 7.78. The molecule has 0 radical (unpaired) electrons. The number of Topliss-reactive ketones (excluding diaryl/α,β-unsaturated/α-hetero) is 1. The molecule has 0 saturated carbocycles. The number of ketones is 1. The van der Waals surface area contributed by atoms with Crippen LogP contribution >= 0.6 is 15.9 Å². The van der Waals surface area contributed by atoms with Crippen LogP contribution in [0, 0.1) is 13.8 Å². The minimum atomic E-state index is -0.522. The number of pyridine rings is 1. The molecule has 3 rings (SSSR count). The minimum absolute atomic E-state index is 0.243. The van der Waals surface area contributed by atoms with Crippen molar-refractivity contribution in [2.45, 2.75) is 13.8 Å². The van der Waals surface area contributed by atoms with Gasteiger partial charge < -0.3 is 4.74 Å². The monoisotopic (exact) mass is 397 g/mol. The summed E-state index contributed by atoms with van der Waals surface area (Å²) < 4.78 is 6.13. The molecule has 2 aromatic carbocycles. The molecule has 5 heteroatoms. The van der Waals surface area contributed by atoms with Crippen molar-refractivity contribution in [1.82, 2.24) is 4.98 Å². The number of fused-ring (bicyclic) bond motifs is 1. The van der Waals surface area contributed by atoms with Gasteiger partial charge in [0.05, 0.1) is 11.1 Å². The molecule has 0 fully saturated rings. The molecular formula is C20H16BrNO3. The Kier molecular flexibility index (Phi) is 4.95. The molecule has 3 aromatic rings. The summed E-state index contributed by atoms with van der Waals surface area (Å²) in [6.07, 6.45) is 0. The zero-order valence-corrected chi connectivity index (χ0v) is 15.5. The van der Waals surface area contributed by atoms with E-state index in [0.717, 1.165) is 26.6 Å². The van der Waals surface area contributed by atoms with E-state index in [9.17, 15) is 9.59 Å². The van der Waals surface area contributed by atoms with Gasteiger partial charge in [0, 0.05) is 21.1 Å². The maximum absolute atomic E-state index is 12.5. The number of rotatable bonds is 4. The van der Waals surface area contributed by atoms with Gasteiger partial charge in [-0.25, -0.2) is 4.79 Å².